The molecule has 7 nitrogen and oxygen atoms in total. The fourth-order valence-electron chi connectivity index (χ4n) is 2.17. The van der Waals surface area contributed by atoms with Crippen LogP contribution in [-0.4, -0.2) is 24.9 Å². The summed E-state index contributed by atoms with van der Waals surface area (Å²) in [5, 5.41) is 20.1. The van der Waals surface area contributed by atoms with Crippen molar-refractivity contribution in [2.45, 2.75) is 0 Å². The molecule has 2 rings (SSSR count). The van der Waals surface area contributed by atoms with Crippen molar-refractivity contribution in [3.05, 3.63) is 69.3 Å². The SMILES string of the molecule is COc1ccc(/C=C(\C#N)C(=O)c2cccc([N+](=O)[O-])c2)cc1OC. The molecule has 0 aliphatic heterocycles. The number of allylic oxidation sites excluding steroid dienone is 1. The number of ether oxygens (including phenoxy) is 2. The van der Waals surface area contributed by atoms with E-state index >= 15 is 0 Å². The van der Waals surface area contributed by atoms with Crippen LogP contribution in [0.4, 0.5) is 5.69 Å². The molecule has 0 saturated carbocycles. The van der Waals surface area contributed by atoms with Crippen LogP contribution in [0.2, 0.25) is 0 Å². The highest BCUT2D eigenvalue weighted by molar-refractivity contribution is 6.14. The van der Waals surface area contributed by atoms with Gasteiger partial charge in [-0.2, -0.15) is 5.26 Å². The summed E-state index contributed by atoms with van der Waals surface area (Å²) in [5.41, 5.74) is 0.275. The number of hydrogen-bond donors (Lipinski definition) is 0. The van der Waals surface area contributed by atoms with E-state index in [1.165, 1.54) is 38.5 Å². The van der Waals surface area contributed by atoms with E-state index in [1.807, 2.05) is 6.07 Å². The maximum Gasteiger partial charge on any atom is 0.270 e. The largest absolute Gasteiger partial charge is 0.493 e. The summed E-state index contributed by atoms with van der Waals surface area (Å²) < 4.78 is 10.3. The topological polar surface area (TPSA) is 102 Å². The van der Waals surface area contributed by atoms with Gasteiger partial charge < -0.3 is 9.47 Å². The van der Waals surface area contributed by atoms with Crippen molar-refractivity contribution in [3.8, 4) is 17.6 Å². The predicted molar refractivity (Wildman–Crippen MR) is 90.6 cm³/mol. The maximum absolute atomic E-state index is 12.5. The highest BCUT2D eigenvalue weighted by Gasteiger charge is 2.16. The highest BCUT2D eigenvalue weighted by Crippen LogP contribution is 2.28. The number of ketones is 1. The minimum Gasteiger partial charge on any atom is -0.493 e. The number of non-ortho nitro benzene ring substituents is 1. The minimum absolute atomic E-state index is 0.0717. The van der Waals surface area contributed by atoms with Gasteiger partial charge >= 0.3 is 0 Å². The molecule has 0 aliphatic rings. The van der Waals surface area contributed by atoms with E-state index in [2.05, 4.69) is 0 Å². The van der Waals surface area contributed by atoms with E-state index in [0.717, 1.165) is 6.07 Å². The molecular formula is C18H14N2O5. The lowest BCUT2D eigenvalue weighted by atomic mass is 10.0. The van der Waals surface area contributed by atoms with Gasteiger partial charge in [-0.05, 0) is 23.8 Å². The molecule has 0 aliphatic carbocycles. The van der Waals surface area contributed by atoms with Crippen molar-refractivity contribution >= 4 is 17.5 Å². The van der Waals surface area contributed by atoms with E-state index in [-0.39, 0.29) is 16.8 Å². The third-order valence-electron chi connectivity index (χ3n) is 3.40. The first-order valence-electron chi connectivity index (χ1n) is 7.13. The van der Waals surface area contributed by atoms with Crippen LogP contribution in [-0.2, 0) is 0 Å². The van der Waals surface area contributed by atoms with Crippen molar-refractivity contribution in [2.24, 2.45) is 0 Å². The van der Waals surface area contributed by atoms with Crippen LogP contribution in [0.15, 0.2) is 48.0 Å². The van der Waals surface area contributed by atoms with E-state index < -0.39 is 10.7 Å². The fourth-order valence-corrected chi connectivity index (χ4v) is 2.17. The molecule has 0 N–H and O–H groups in total. The highest BCUT2D eigenvalue weighted by atomic mass is 16.6. The number of Topliss-reactive ketones (excluding diaryl/α,β-unsaturated/α-hetero) is 1. The molecule has 0 saturated heterocycles. The molecule has 7 heteroatoms. The second kappa shape index (κ2) is 7.75. The Hall–Kier alpha value is -3.66. The first-order chi connectivity index (χ1) is 12.0. The number of methoxy groups -OCH3 is 2. The number of nitro groups is 1. The summed E-state index contributed by atoms with van der Waals surface area (Å²) in [5.74, 6) is 0.375. The Morgan fingerprint density at radius 1 is 1.16 bits per heavy atom. The molecule has 0 radical (unpaired) electrons. The van der Waals surface area contributed by atoms with Crippen LogP contribution in [0.25, 0.3) is 6.08 Å². The molecule has 126 valence electrons. The third kappa shape index (κ3) is 4.00. The smallest absolute Gasteiger partial charge is 0.270 e. The number of carbonyl (C=O) groups is 1. The second-order valence-corrected chi connectivity index (χ2v) is 4.92. The van der Waals surface area contributed by atoms with Gasteiger partial charge in [0.2, 0.25) is 5.78 Å². The van der Waals surface area contributed by atoms with Gasteiger partial charge in [0.15, 0.2) is 11.5 Å². The summed E-state index contributed by atoms with van der Waals surface area (Å²) in [6.07, 6.45) is 1.39. The van der Waals surface area contributed by atoms with Crippen LogP contribution < -0.4 is 9.47 Å². The lowest BCUT2D eigenvalue weighted by molar-refractivity contribution is -0.384. The molecule has 0 unspecified atom stereocenters. The number of nitrogens with zero attached hydrogens (tertiary/aromatic N) is 2. The molecule has 0 fully saturated rings. The Morgan fingerprint density at radius 3 is 2.48 bits per heavy atom. The number of nitro benzene ring substituents is 1. The quantitative estimate of drug-likeness (QED) is 0.263. The second-order valence-electron chi connectivity index (χ2n) is 4.92. The van der Waals surface area contributed by atoms with Crippen molar-refractivity contribution in [1.29, 1.82) is 5.26 Å². The van der Waals surface area contributed by atoms with Crippen LogP contribution >= 0.6 is 0 Å². The first kappa shape index (κ1) is 17.7. The molecule has 0 bridgehead atoms. The van der Waals surface area contributed by atoms with Gasteiger partial charge in [-0.15, -0.1) is 0 Å². The van der Waals surface area contributed by atoms with Crippen molar-refractivity contribution in [1.82, 2.24) is 0 Å². The summed E-state index contributed by atoms with van der Waals surface area (Å²) in [6, 6.07) is 12.0. The number of hydrogen-bond acceptors (Lipinski definition) is 6. The van der Waals surface area contributed by atoms with Crippen LogP contribution in [0.1, 0.15) is 15.9 Å². The Bertz CT molecular complexity index is 897. The van der Waals surface area contributed by atoms with Crippen molar-refractivity contribution in [3.63, 3.8) is 0 Å². The van der Waals surface area contributed by atoms with Crippen molar-refractivity contribution < 1.29 is 19.2 Å². The molecule has 2 aromatic rings. The van der Waals surface area contributed by atoms with E-state index in [9.17, 15) is 20.2 Å². The number of benzene rings is 2. The zero-order valence-electron chi connectivity index (χ0n) is 13.6. The van der Waals surface area contributed by atoms with E-state index in [4.69, 9.17) is 9.47 Å². The number of carbonyl (C=O) groups excluding carboxylic acids is 1. The third-order valence-corrected chi connectivity index (χ3v) is 3.40. The van der Waals surface area contributed by atoms with Gasteiger partial charge in [-0.25, -0.2) is 0 Å². The van der Waals surface area contributed by atoms with Gasteiger partial charge in [-0.3, -0.25) is 14.9 Å². The average molecular weight is 338 g/mol. The summed E-state index contributed by atoms with van der Waals surface area (Å²) in [4.78, 5) is 22.7. The van der Waals surface area contributed by atoms with Crippen LogP contribution in [0, 0.1) is 21.4 Å². The number of rotatable bonds is 6. The van der Waals surface area contributed by atoms with Crippen LogP contribution in [0.3, 0.4) is 0 Å². The molecule has 0 atom stereocenters. The normalized spacial score (nSPS) is 10.7. The predicted octanol–water partition coefficient (Wildman–Crippen LogP) is 3.40. The Kier molecular flexibility index (Phi) is 5.48. The zero-order chi connectivity index (χ0) is 18.4. The Labute approximate surface area is 143 Å². The standard InChI is InChI=1S/C18H14N2O5/c1-24-16-7-6-12(9-17(16)25-2)8-14(11-19)18(21)13-4-3-5-15(10-13)20(22)23/h3-10H,1-2H3/b14-8+. The van der Waals surface area contributed by atoms with E-state index in [1.54, 1.807) is 18.2 Å². The molecule has 0 amide bonds. The maximum atomic E-state index is 12.5. The first-order valence-corrected chi connectivity index (χ1v) is 7.13. The molecule has 25 heavy (non-hydrogen) atoms. The summed E-state index contributed by atoms with van der Waals surface area (Å²) in [6.45, 7) is 0. The average Bonchev–Trinajstić information content (AvgIpc) is 2.65. The van der Waals surface area contributed by atoms with Gasteiger partial charge in [-0.1, -0.05) is 18.2 Å². The Balaban J connectivity index is 2.41. The molecule has 0 aromatic heterocycles. The van der Waals surface area contributed by atoms with Gasteiger partial charge in [0, 0.05) is 17.7 Å². The zero-order valence-corrected chi connectivity index (χ0v) is 13.6. The summed E-state index contributed by atoms with van der Waals surface area (Å²) in [7, 11) is 2.98. The summed E-state index contributed by atoms with van der Waals surface area (Å²) >= 11 is 0. The molecule has 0 heterocycles. The lowest BCUT2D eigenvalue weighted by Crippen LogP contribution is -2.03. The molecule has 2 aromatic carbocycles. The van der Waals surface area contributed by atoms with Gasteiger partial charge in [0.05, 0.1) is 19.1 Å². The minimum atomic E-state index is -0.596. The van der Waals surface area contributed by atoms with Crippen molar-refractivity contribution in [2.75, 3.05) is 14.2 Å². The van der Waals surface area contributed by atoms with Gasteiger partial charge in [0.1, 0.15) is 11.6 Å². The monoisotopic (exact) mass is 338 g/mol. The molecular weight excluding hydrogens is 324 g/mol. The molecule has 0 spiro atoms. The van der Waals surface area contributed by atoms with Crippen LogP contribution in [0.5, 0.6) is 11.5 Å². The number of nitriles is 1. The van der Waals surface area contributed by atoms with Gasteiger partial charge in [0.25, 0.3) is 5.69 Å². The lowest BCUT2D eigenvalue weighted by Gasteiger charge is -2.08. The Morgan fingerprint density at radius 2 is 1.88 bits per heavy atom. The van der Waals surface area contributed by atoms with E-state index in [0.29, 0.717) is 17.1 Å². The fraction of sp³-hybridized carbons (Fsp3) is 0.111.